The van der Waals surface area contributed by atoms with Crippen LogP contribution in [0.25, 0.3) is 11.4 Å². The van der Waals surface area contributed by atoms with Gasteiger partial charge in [-0.2, -0.15) is 5.10 Å². The lowest BCUT2D eigenvalue weighted by Crippen LogP contribution is -2.28. The molecular weight excluding hydrogens is 370 g/mol. The van der Waals surface area contributed by atoms with E-state index >= 15 is 0 Å². The van der Waals surface area contributed by atoms with E-state index in [0.29, 0.717) is 17.4 Å². The first-order valence-electron chi connectivity index (χ1n) is 8.86. The molecule has 0 saturated heterocycles. The average Bonchev–Trinajstić information content (AvgIpc) is 3.18. The molecule has 0 bridgehead atoms. The van der Waals surface area contributed by atoms with Crippen molar-refractivity contribution in [1.29, 1.82) is 0 Å². The molecule has 1 N–H and O–H groups in total. The van der Waals surface area contributed by atoms with E-state index in [1.165, 1.54) is 4.57 Å². The fraction of sp³-hybridized carbons (Fsp3) is 0.588. The van der Waals surface area contributed by atoms with Crippen LogP contribution in [0.5, 0.6) is 0 Å². The average molecular weight is 395 g/mol. The van der Waals surface area contributed by atoms with E-state index in [0.717, 1.165) is 12.8 Å². The third-order valence-electron chi connectivity index (χ3n) is 4.12. The summed E-state index contributed by atoms with van der Waals surface area (Å²) in [4.78, 5) is 16.5. The second kappa shape index (κ2) is 6.66. The smallest absolute Gasteiger partial charge is 0.413 e. The van der Waals surface area contributed by atoms with Crippen LogP contribution < -0.4 is 5.32 Å². The normalized spacial score (nSPS) is 15.0. The Balaban J connectivity index is 2.01. The molecule has 1 saturated carbocycles. The van der Waals surface area contributed by atoms with Crippen molar-refractivity contribution in [1.82, 2.24) is 19.3 Å². The molecular formula is C17H25N5O4S. The Morgan fingerprint density at radius 2 is 2.04 bits per heavy atom. The predicted molar refractivity (Wildman–Crippen MR) is 100 cm³/mol. The number of aromatic nitrogens is 4. The molecule has 1 amide bonds. The van der Waals surface area contributed by atoms with Gasteiger partial charge in [-0.1, -0.05) is 6.92 Å². The minimum Gasteiger partial charge on any atom is -0.444 e. The Hall–Kier alpha value is -2.36. The quantitative estimate of drug-likeness (QED) is 0.834. The van der Waals surface area contributed by atoms with Crippen LogP contribution in [-0.2, 0) is 21.6 Å². The van der Waals surface area contributed by atoms with Gasteiger partial charge in [0.15, 0.2) is 20.7 Å². The van der Waals surface area contributed by atoms with Crippen LogP contribution in [0.15, 0.2) is 17.4 Å². The Labute approximate surface area is 158 Å². The molecule has 0 atom stereocenters. The van der Waals surface area contributed by atoms with Crippen LogP contribution in [0, 0.1) is 0 Å². The van der Waals surface area contributed by atoms with Crippen LogP contribution in [0.2, 0.25) is 0 Å². The van der Waals surface area contributed by atoms with Gasteiger partial charge in [0.2, 0.25) is 0 Å². The maximum atomic E-state index is 12.6. The van der Waals surface area contributed by atoms with Gasteiger partial charge >= 0.3 is 6.09 Å². The minimum atomic E-state index is -3.63. The molecule has 0 radical (unpaired) electrons. The molecule has 9 nitrogen and oxygen atoms in total. The number of rotatable bonds is 5. The molecule has 2 aromatic rings. The van der Waals surface area contributed by atoms with Crippen molar-refractivity contribution in [2.45, 2.75) is 57.2 Å². The first kappa shape index (κ1) is 19.4. The lowest BCUT2D eigenvalue weighted by molar-refractivity contribution is 0.0635. The topological polar surface area (TPSA) is 108 Å². The van der Waals surface area contributed by atoms with Gasteiger partial charge in [0.05, 0.1) is 23.6 Å². The predicted octanol–water partition coefficient (Wildman–Crippen LogP) is 2.76. The molecule has 2 aromatic heterocycles. The lowest BCUT2D eigenvalue weighted by Gasteiger charge is -2.19. The number of carbonyl (C=O) groups is 1. The summed E-state index contributed by atoms with van der Waals surface area (Å²) in [7, 11) is -2.02. The summed E-state index contributed by atoms with van der Waals surface area (Å²) in [5.41, 5.74) is -0.0224. The molecule has 1 fully saturated rings. The molecule has 3 rings (SSSR count). The maximum Gasteiger partial charge on any atom is 0.413 e. The molecule has 27 heavy (non-hydrogen) atoms. The molecule has 0 spiro atoms. The van der Waals surface area contributed by atoms with E-state index in [2.05, 4.69) is 15.4 Å². The fourth-order valence-electron chi connectivity index (χ4n) is 2.71. The second-order valence-corrected chi connectivity index (χ2v) is 9.81. The van der Waals surface area contributed by atoms with Crippen LogP contribution in [0.3, 0.4) is 0 Å². The highest BCUT2D eigenvalue weighted by Gasteiger charge is 2.30. The number of hydrogen-bond donors (Lipinski definition) is 1. The van der Waals surface area contributed by atoms with E-state index in [9.17, 15) is 13.2 Å². The van der Waals surface area contributed by atoms with Gasteiger partial charge in [-0.25, -0.2) is 18.2 Å². The van der Waals surface area contributed by atoms with Crippen LogP contribution in [0.4, 0.5) is 10.6 Å². The second-order valence-electron chi connectivity index (χ2n) is 7.62. The number of amides is 1. The van der Waals surface area contributed by atoms with Gasteiger partial charge in [-0.15, -0.1) is 0 Å². The van der Waals surface area contributed by atoms with Gasteiger partial charge in [0, 0.05) is 13.2 Å². The van der Waals surface area contributed by atoms with Crippen LogP contribution in [-0.4, -0.2) is 45.2 Å². The highest BCUT2D eigenvalue weighted by atomic mass is 32.2. The molecule has 148 valence electrons. The van der Waals surface area contributed by atoms with Crippen molar-refractivity contribution >= 4 is 21.7 Å². The van der Waals surface area contributed by atoms with Crippen molar-refractivity contribution in [2.75, 3.05) is 11.1 Å². The molecule has 1 aliphatic rings. The van der Waals surface area contributed by atoms with Gasteiger partial charge in [0.1, 0.15) is 11.4 Å². The van der Waals surface area contributed by atoms with Crippen molar-refractivity contribution < 1.29 is 17.9 Å². The van der Waals surface area contributed by atoms with E-state index in [1.807, 2.05) is 10.9 Å². The molecule has 1 aliphatic carbocycles. The van der Waals surface area contributed by atoms with Crippen molar-refractivity contribution in [3.8, 4) is 11.4 Å². The van der Waals surface area contributed by atoms with Gasteiger partial charge in [0.25, 0.3) is 0 Å². The SMILES string of the molecule is CCS(=O)(=O)c1c(NC(=O)OC(C)(C)C)nc(-c2cnn(C3CC3)c2)n1C. The van der Waals surface area contributed by atoms with Crippen molar-refractivity contribution in [2.24, 2.45) is 7.05 Å². The summed E-state index contributed by atoms with van der Waals surface area (Å²) in [6.07, 6.45) is 4.92. The molecule has 0 aromatic carbocycles. The van der Waals surface area contributed by atoms with Crippen molar-refractivity contribution in [3.05, 3.63) is 12.4 Å². The summed E-state index contributed by atoms with van der Waals surface area (Å²) in [6.45, 7) is 6.73. The monoisotopic (exact) mass is 395 g/mol. The third-order valence-corrected chi connectivity index (χ3v) is 5.93. The Bertz CT molecular complexity index is 964. The van der Waals surface area contributed by atoms with Crippen LogP contribution >= 0.6 is 0 Å². The van der Waals surface area contributed by atoms with Crippen molar-refractivity contribution in [3.63, 3.8) is 0 Å². The standard InChI is InChI=1S/C17H25N5O4S/c1-6-27(24,25)15-13(20-16(23)26-17(2,3)4)19-14(21(15)5)11-9-18-22(10-11)12-7-8-12/h9-10,12H,6-8H2,1-5H3,(H,20,23). The van der Waals surface area contributed by atoms with Crippen LogP contribution in [0.1, 0.15) is 46.6 Å². The fourth-order valence-corrected chi connectivity index (χ4v) is 3.88. The molecule has 10 heteroatoms. The van der Waals surface area contributed by atoms with E-state index in [1.54, 1.807) is 40.9 Å². The zero-order chi connectivity index (χ0) is 20.0. The number of nitrogens with one attached hydrogen (secondary N) is 1. The van der Waals surface area contributed by atoms with E-state index in [-0.39, 0.29) is 16.6 Å². The number of ether oxygens (including phenoxy) is 1. The van der Waals surface area contributed by atoms with E-state index < -0.39 is 21.5 Å². The number of nitrogens with zero attached hydrogens (tertiary/aromatic N) is 4. The number of carbonyl (C=O) groups excluding carboxylic acids is 1. The number of hydrogen-bond acceptors (Lipinski definition) is 6. The summed E-state index contributed by atoms with van der Waals surface area (Å²) in [5.74, 6) is 0.263. The lowest BCUT2D eigenvalue weighted by atomic mass is 10.2. The minimum absolute atomic E-state index is 0.0391. The highest BCUT2D eigenvalue weighted by molar-refractivity contribution is 7.91. The number of imidazole rings is 1. The number of anilines is 1. The van der Waals surface area contributed by atoms with Gasteiger partial charge in [-0.3, -0.25) is 10.00 Å². The molecule has 0 unspecified atom stereocenters. The Kier molecular flexibility index (Phi) is 4.79. The number of sulfone groups is 1. The highest BCUT2D eigenvalue weighted by Crippen LogP contribution is 2.36. The zero-order valence-electron chi connectivity index (χ0n) is 16.2. The molecule has 2 heterocycles. The summed E-state index contributed by atoms with van der Waals surface area (Å²) in [5, 5.41) is 6.76. The maximum absolute atomic E-state index is 12.6. The largest absolute Gasteiger partial charge is 0.444 e. The van der Waals surface area contributed by atoms with Gasteiger partial charge < -0.3 is 9.30 Å². The van der Waals surface area contributed by atoms with E-state index in [4.69, 9.17) is 4.74 Å². The summed E-state index contributed by atoms with van der Waals surface area (Å²) in [6, 6.07) is 0.400. The Morgan fingerprint density at radius 3 is 2.59 bits per heavy atom. The zero-order valence-corrected chi connectivity index (χ0v) is 17.0. The molecule has 0 aliphatic heterocycles. The summed E-state index contributed by atoms with van der Waals surface area (Å²) >= 11 is 0. The first-order valence-corrected chi connectivity index (χ1v) is 10.5. The first-order chi connectivity index (χ1) is 12.5. The summed E-state index contributed by atoms with van der Waals surface area (Å²) < 4.78 is 33.8. The van der Waals surface area contributed by atoms with Gasteiger partial charge in [-0.05, 0) is 33.6 Å². The third kappa shape index (κ3) is 4.15. The Morgan fingerprint density at radius 1 is 1.37 bits per heavy atom.